The SMILES string of the molecule is CN(C)c1ccc(N=Nc2ncc(CC(=O)On3c(O)ccc3O)s2)c2ccccc12. The van der Waals surface area contributed by atoms with E-state index in [1.165, 1.54) is 29.7 Å². The highest BCUT2D eigenvalue weighted by atomic mass is 32.1. The van der Waals surface area contributed by atoms with Crippen LogP contribution in [0.15, 0.2) is 65.0 Å². The molecule has 0 aliphatic heterocycles. The number of aromatic nitrogens is 2. The van der Waals surface area contributed by atoms with Crippen LogP contribution in [0.3, 0.4) is 0 Å². The molecule has 10 heteroatoms. The molecule has 0 atom stereocenters. The molecule has 0 amide bonds. The minimum atomic E-state index is -0.667. The first-order valence-electron chi connectivity index (χ1n) is 9.29. The molecule has 158 valence electrons. The summed E-state index contributed by atoms with van der Waals surface area (Å²) in [5.74, 6) is -1.42. The Kier molecular flexibility index (Phi) is 5.54. The van der Waals surface area contributed by atoms with E-state index in [2.05, 4.69) is 15.2 Å². The zero-order chi connectivity index (χ0) is 22.0. The number of fused-ring (bicyclic) bond motifs is 1. The highest BCUT2D eigenvalue weighted by molar-refractivity contribution is 7.15. The number of aromatic hydroxyl groups is 2. The second-order valence-electron chi connectivity index (χ2n) is 6.84. The highest BCUT2D eigenvalue weighted by Crippen LogP contribution is 2.34. The summed E-state index contributed by atoms with van der Waals surface area (Å²) >= 11 is 1.20. The lowest BCUT2D eigenvalue weighted by molar-refractivity contribution is -0.144. The van der Waals surface area contributed by atoms with E-state index in [4.69, 9.17) is 4.84 Å². The lowest BCUT2D eigenvalue weighted by Gasteiger charge is -2.16. The summed E-state index contributed by atoms with van der Waals surface area (Å²) in [6, 6.07) is 14.3. The molecule has 4 rings (SSSR count). The van der Waals surface area contributed by atoms with Crippen molar-refractivity contribution in [2.75, 3.05) is 19.0 Å². The molecule has 0 spiro atoms. The van der Waals surface area contributed by atoms with Gasteiger partial charge in [0.15, 0.2) is 0 Å². The van der Waals surface area contributed by atoms with Crippen molar-refractivity contribution in [1.29, 1.82) is 0 Å². The van der Waals surface area contributed by atoms with E-state index in [9.17, 15) is 15.0 Å². The Bertz CT molecular complexity index is 1260. The van der Waals surface area contributed by atoms with Gasteiger partial charge in [-0.3, -0.25) is 0 Å². The Morgan fingerprint density at radius 1 is 1.06 bits per heavy atom. The Labute approximate surface area is 181 Å². The van der Waals surface area contributed by atoms with Crippen LogP contribution < -0.4 is 9.74 Å². The Balaban J connectivity index is 1.49. The van der Waals surface area contributed by atoms with Gasteiger partial charge in [-0.25, -0.2) is 9.78 Å². The van der Waals surface area contributed by atoms with Crippen molar-refractivity contribution in [2.24, 2.45) is 10.2 Å². The van der Waals surface area contributed by atoms with Crippen LogP contribution in [0.2, 0.25) is 0 Å². The molecule has 0 saturated heterocycles. The van der Waals surface area contributed by atoms with Crippen molar-refractivity contribution in [3.05, 3.63) is 59.6 Å². The molecule has 9 nitrogen and oxygen atoms in total. The molecule has 0 bridgehead atoms. The van der Waals surface area contributed by atoms with Gasteiger partial charge in [0.2, 0.25) is 16.9 Å². The van der Waals surface area contributed by atoms with E-state index in [0.29, 0.717) is 14.7 Å². The van der Waals surface area contributed by atoms with Gasteiger partial charge < -0.3 is 20.0 Å². The van der Waals surface area contributed by atoms with Gasteiger partial charge in [-0.2, -0.15) is 0 Å². The molecule has 2 N–H and O–H groups in total. The number of azo groups is 1. The molecule has 2 aromatic heterocycles. The molecule has 0 aliphatic carbocycles. The first-order valence-corrected chi connectivity index (χ1v) is 10.1. The van der Waals surface area contributed by atoms with Crippen molar-refractivity contribution in [3.63, 3.8) is 0 Å². The minimum Gasteiger partial charge on any atom is -0.492 e. The average Bonchev–Trinajstić information content (AvgIpc) is 3.33. The van der Waals surface area contributed by atoms with Gasteiger partial charge in [0.1, 0.15) is 0 Å². The van der Waals surface area contributed by atoms with Crippen molar-refractivity contribution < 1.29 is 19.8 Å². The number of thiazole rings is 1. The fourth-order valence-electron chi connectivity index (χ4n) is 3.04. The van der Waals surface area contributed by atoms with Crippen molar-refractivity contribution in [2.45, 2.75) is 6.42 Å². The van der Waals surface area contributed by atoms with E-state index in [0.717, 1.165) is 22.1 Å². The maximum absolute atomic E-state index is 12.1. The smallest absolute Gasteiger partial charge is 0.338 e. The van der Waals surface area contributed by atoms with Crippen LogP contribution in [0.1, 0.15) is 4.88 Å². The second kappa shape index (κ2) is 8.44. The lowest BCUT2D eigenvalue weighted by atomic mass is 10.1. The molecule has 0 saturated carbocycles. The van der Waals surface area contributed by atoms with Crippen LogP contribution in [0.5, 0.6) is 11.8 Å². The minimum absolute atomic E-state index is 0.0926. The number of hydrogen-bond acceptors (Lipinski definition) is 9. The molecule has 0 radical (unpaired) electrons. The van der Waals surface area contributed by atoms with E-state index in [1.807, 2.05) is 55.4 Å². The van der Waals surface area contributed by atoms with Crippen LogP contribution in [-0.2, 0) is 11.2 Å². The zero-order valence-electron chi connectivity index (χ0n) is 16.8. The third-order valence-corrected chi connectivity index (χ3v) is 5.34. The third kappa shape index (κ3) is 4.33. The van der Waals surface area contributed by atoms with Crippen LogP contribution in [0, 0.1) is 0 Å². The standard InChI is InChI=1S/C21H19N5O4S/c1-25(2)17-8-7-16(14-5-3-4-6-15(14)17)23-24-21-22-12-13(31-21)11-20(29)30-26-18(27)9-10-19(26)28/h3-10,12,27-28H,11H2,1-2H3. The largest absolute Gasteiger partial charge is 0.492 e. The lowest BCUT2D eigenvalue weighted by Crippen LogP contribution is -2.20. The summed E-state index contributed by atoms with van der Waals surface area (Å²) in [4.78, 5) is 23.8. The zero-order valence-corrected chi connectivity index (χ0v) is 17.6. The first-order chi connectivity index (χ1) is 14.9. The summed E-state index contributed by atoms with van der Waals surface area (Å²) in [5, 5.41) is 30.1. The van der Waals surface area contributed by atoms with Crippen molar-refractivity contribution in [3.8, 4) is 11.8 Å². The van der Waals surface area contributed by atoms with Gasteiger partial charge in [0.05, 0.1) is 12.1 Å². The predicted octanol–water partition coefficient (Wildman–Crippen LogP) is 4.19. The van der Waals surface area contributed by atoms with Crippen LogP contribution in [0.25, 0.3) is 10.8 Å². The third-order valence-electron chi connectivity index (χ3n) is 4.45. The number of carbonyl (C=O) groups excluding carboxylic acids is 1. The summed E-state index contributed by atoms with van der Waals surface area (Å²) in [6.07, 6.45) is 1.42. The fourth-order valence-corrected chi connectivity index (χ4v) is 3.75. The maximum atomic E-state index is 12.1. The monoisotopic (exact) mass is 437 g/mol. The number of carbonyl (C=O) groups is 1. The normalized spacial score (nSPS) is 11.3. The summed E-state index contributed by atoms with van der Waals surface area (Å²) in [7, 11) is 3.98. The Hall–Kier alpha value is -3.92. The van der Waals surface area contributed by atoms with Crippen molar-refractivity contribution >= 4 is 44.6 Å². The van der Waals surface area contributed by atoms with Gasteiger partial charge in [-0.05, 0) is 12.1 Å². The van der Waals surface area contributed by atoms with E-state index >= 15 is 0 Å². The van der Waals surface area contributed by atoms with Gasteiger partial charge in [0, 0.05) is 53.8 Å². The second-order valence-corrected chi connectivity index (χ2v) is 7.93. The number of nitrogens with zero attached hydrogens (tertiary/aromatic N) is 5. The van der Waals surface area contributed by atoms with Gasteiger partial charge in [-0.15, -0.1) is 15.0 Å². The van der Waals surface area contributed by atoms with E-state index < -0.39 is 5.97 Å². The number of anilines is 1. The Morgan fingerprint density at radius 3 is 2.48 bits per heavy atom. The molecule has 0 aliphatic rings. The molecule has 2 heterocycles. The predicted molar refractivity (Wildman–Crippen MR) is 118 cm³/mol. The summed E-state index contributed by atoms with van der Waals surface area (Å²) in [6.45, 7) is 0. The van der Waals surface area contributed by atoms with E-state index in [1.54, 1.807) is 0 Å². The van der Waals surface area contributed by atoms with Crippen LogP contribution in [0.4, 0.5) is 16.5 Å². The average molecular weight is 437 g/mol. The maximum Gasteiger partial charge on any atom is 0.338 e. The number of benzene rings is 2. The van der Waals surface area contributed by atoms with Crippen LogP contribution in [-0.4, -0.2) is 40.0 Å². The van der Waals surface area contributed by atoms with Gasteiger partial charge >= 0.3 is 5.97 Å². The fraction of sp³-hybridized carbons (Fsp3) is 0.143. The molecule has 31 heavy (non-hydrogen) atoms. The number of rotatable bonds is 6. The first kappa shape index (κ1) is 20.4. The molecular weight excluding hydrogens is 418 g/mol. The van der Waals surface area contributed by atoms with Gasteiger partial charge in [-0.1, -0.05) is 35.6 Å². The Morgan fingerprint density at radius 2 is 1.77 bits per heavy atom. The summed E-state index contributed by atoms with van der Waals surface area (Å²) < 4.78 is 0.645. The quantitative estimate of drug-likeness (QED) is 0.438. The highest BCUT2D eigenvalue weighted by Gasteiger charge is 2.14. The molecular formula is C21H19N5O4S. The van der Waals surface area contributed by atoms with Gasteiger partial charge in [0.25, 0.3) is 0 Å². The van der Waals surface area contributed by atoms with E-state index in [-0.39, 0.29) is 18.2 Å². The number of hydrogen-bond donors (Lipinski definition) is 2. The molecule has 4 aromatic rings. The summed E-state index contributed by atoms with van der Waals surface area (Å²) in [5.41, 5.74) is 1.81. The molecule has 0 unspecified atom stereocenters. The molecule has 0 fully saturated rings. The molecule has 2 aromatic carbocycles. The topological polar surface area (TPSA) is 113 Å². The van der Waals surface area contributed by atoms with Crippen molar-refractivity contribution in [1.82, 2.24) is 9.71 Å². The van der Waals surface area contributed by atoms with Crippen LogP contribution >= 0.6 is 11.3 Å².